The third-order valence-corrected chi connectivity index (χ3v) is 6.04. The number of ether oxygens (including phenoxy) is 2. The fourth-order valence-electron chi connectivity index (χ4n) is 4.02. The molecule has 1 fully saturated rings. The van der Waals surface area contributed by atoms with Crippen molar-refractivity contribution in [1.29, 1.82) is 0 Å². The average molecular weight is 405 g/mol. The van der Waals surface area contributed by atoms with Gasteiger partial charge >= 0.3 is 6.09 Å². The highest BCUT2D eigenvalue weighted by Gasteiger charge is 2.27. The van der Waals surface area contributed by atoms with Gasteiger partial charge in [0.05, 0.1) is 6.61 Å². The maximum atomic E-state index is 12.3. The van der Waals surface area contributed by atoms with Crippen LogP contribution in [0.25, 0.3) is 0 Å². The summed E-state index contributed by atoms with van der Waals surface area (Å²) >= 11 is 0. The van der Waals surface area contributed by atoms with Crippen molar-refractivity contribution in [3.8, 4) is 5.75 Å². The first kappa shape index (κ1) is 21.9. The number of benzene rings is 1. The van der Waals surface area contributed by atoms with E-state index in [4.69, 9.17) is 15.2 Å². The van der Waals surface area contributed by atoms with Gasteiger partial charge in [-0.2, -0.15) is 0 Å². The number of carbonyl (C=O) groups excluding carboxylic acids is 1. The van der Waals surface area contributed by atoms with Gasteiger partial charge in [0.15, 0.2) is 0 Å². The first-order chi connectivity index (χ1) is 13.9. The van der Waals surface area contributed by atoms with E-state index in [-0.39, 0.29) is 0 Å². The van der Waals surface area contributed by atoms with E-state index in [2.05, 4.69) is 29.3 Å². The van der Waals surface area contributed by atoms with E-state index in [1.54, 1.807) is 18.9 Å². The maximum absolute atomic E-state index is 12.3. The van der Waals surface area contributed by atoms with Crippen LogP contribution in [-0.4, -0.2) is 61.1 Å². The third kappa shape index (κ3) is 6.07. The summed E-state index contributed by atoms with van der Waals surface area (Å²) in [6, 6.07) is 6.86. The second-order valence-electron chi connectivity index (χ2n) is 8.41. The molecule has 1 amide bonds. The van der Waals surface area contributed by atoms with Gasteiger partial charge in [-0.25, -0.2) is 4.79 Å². The van der Waals surface area contributed by atoms with Crippen LogP contribution in [0, 0.1) is 0 Å². The first-order valence-corrected chi connectivity index (χ1v) is 10.8. The van der Waals surface area contributed by atoms with Crippen LogP contribution < -0.4 is 15.8 Å². The quantitative estimate of drug-likeness (QED) is 0.537. The van der Waals surface area contributed by atoms with Gasteiger partial charge in [0.2, 0.25) is 5.85 Å². The lowest BCUT2D eigenvalue weighted by Gasteiger charge is -2.33. The van der Waals surface area contributed by atoms with E-state index >= 15 is 0 Å². The average Bonchev–Trinajstić information content (AvgIpc) is 2.71. The van der Waals surface area contributed by atoms with Crippen LogP contribution in [0.3, 0.4) is 0 Å². The molecule has 162 valence electrons. The molecule has 0 aliphatic carbocycles. The Bertz CT molecular complexity index is 695. The molecule has 0 saturated carbocycles. The molecular formula is C22H36N4O3. The highest BCUT2D eigenvalue weighted by Crippen LogP contribution is 2.25. The minimum absolute atomic E-state index is 0.401. The number of fused-ring (bicyclic) bond motifs is 1. The van der Waals surface area contributed by atoms with Crippen molar-refractivity contribution in [2.45, 2.75) is 64.4 Å². The van der Waals surface area contributed by atoms with Gasteiger partial charge in [0.25, 0.3) is 0 Å². The largest absolute Gasteiger partial charge is 0.494 e. The molecule has 7 nitrogen and oxygen atoms in total. The van der Waals surface area contributed by atoms with Gasteiger partial charge in [-0.3, -0.25) is 11.1 Å². The van der Waals surface area contributed by atoms with E-state index < -0.39 is 11.9 Å². The number of hydrogen-bond donors (Lipinski definition) is 2. The minimum atomic E-state index is -1.17. The molecule has 29 heavy (non-hydrogen) atoms. The first-order valence-electron chi connectivity index (χ1n) is 10.8. The Labute approximate surface area is 174 Å². The predicted molar refractivity (Wildman–Crippen MR) is 114 cm³/mol. The van der Waals surface area contributed by atoms with E-state index in [1.807, 2.05) is 6.07 Å². The Hall–Kier alpha value is -1.83. The number of amides is 1. The molecule has 2 aliphatic rings. The number of rotatable bonds is 7. The van der Waals surface area contributed by atoms with Gasteiger partial charge < -0.3 is 19.3 Å². The van der Waals surface area contributed by atoms with Gasteiger partial charge in [-0.15, -0.1) is 0 Å². The number of nitrogens with two attached hydrogens (primary N) is 1. The molecule has 0 bridgehead atoms. The maximum Gasteiger partial charge on any atom is 0.412 e. The van der Waals surface area contributed by atoms with Crippen LogP contribution in [0.4, 0.5) is 4.79 Å². The zero-order valence-corrected chi connectivity index (χ0v) is 18.1. The summed E-state index contributed by atoms with van der Waals surface area (Å²) in [5.41, 5.74) is 8.22. The van der Waals surface area contributed by atoms with Crippen LogP contribution in [0.1, 0.15) is 50.7 Å². The summed E-state index contributed by atoms with van der Waals surface area (Å²) in [6.07, 6.45) is 5.43. The van der Waals surface area contributed by atoms with E-state index in [0.29, 0.717) is 19.1 Å². The number of nitrogens with zero attached hydrogens (tertiary/aromatic N) is 2. The number of carbonyl (C=O) groups is 1. The van der Waals surface area contributed by atoms with E-state index in [9.17, 15) is 4.79 Å². The number of nitrogens with one attached hydrogen (secondary N) is 1. The highest BCUT2D eigenvalue weighted by molar-refractivity contribution is 5.68. The lowest BCUT2D eigenvalue weighted by atomic mass is 10.00. The zero-order chi connectivity index (χ0) is 20.9. The van der Waals surface area contributed by atoms with Gasteiger partial charge in [0.1, 0.15) is 5.75 Å². The van der Waals surface area contributed by atoms with Crippen molar-refractivity contribution in [3.63, 3.8) is 0 Å². The van der Waals surface area contributed by atoms with Crippen LogP contribution in [-0.2, 0) is 17.7 Å². The van der Waals surface area contributed by atoms with Crippen molar-refractivity contribution in [3.05, 3.63) is 29.3 Å². The smallest absolute Gasteiger partial charge is 0.412 e. The van der Waals surface area contributed by atoms with Crippen LogP contribution in [0.2, 0.25) is 0 Å². The fourth-order valence-corrected chi connectivity index (χ4v) is 4.02. The van der Waals surface area contributed by atoms with Crippen molar-refractivity contribution in [2.75, 3.05) is 33.3 Å². The Morgan fingerprint density at radius 2 is 2.14 bits per heavy atom. The molecule has 1 saturated heterocycles. The van der Waals surface area contributed by atoms with Crippen molar-refractivity contribution < 1.29 is 14.3 Å². The molecule has 0 aromatic heterocycles. The van der Waals surface area contributed by atoms with Gasteiger partial charge in [-0.1, -0.05) is 12.5 Å². The third-order valence-electron chi connectivity index (χ3n) is 6.04. The summed E-state index contributed by atoms with van der Waals surface area (Å²) in [6.45, 7) is 8.16. The number of piperidine rings is 1. The molecule has 1 aromatic carbocycles. The Balaban J connectivity index is 1.46. The van der Waals surface area contributed by atoms with Crippen molar-refractivity contribution >= 4 is 6.09 Å². The lowest BCUT2D eigenvalue weighted by Crippen LogP contribution is -2.54. The van der Waals surface area contributed by atoms with Crippen LogP contribution in [0.15, 0.2) is 18.2 Å². The summed E-state index contributed by atoms with van der Waals surface area (Å²) in [4.78, 5) is 16.6. The Morgan fingerprint density at radius 1 is 1.31 bits per heavy atom. The summed E-state index contributed by atoms with van der Waals surface area (Å²) in [7, 11) is 1.66. The molecule has 2 unspecified atom stereocenters. The molecule has 2 atom stereocenters. The predicted octanol–water partition coefficient (Wildman–Crippen LogP) is 2.68. The Morgan fingerprint density at radius 3 is 2.90 bits per heavy atom. The molecule has 7 heteroatoms. The lowest BCUT2D eigenvalue weighted by molar-refractivity contribution is -0.0135. The molecule has 1 aromatic rings. The van der Waals surface area contributed by atoms with Crippen LogP contribution >= 0.6 is 0 Å². The van der Waals surface area contributed by atoms with Crippen molar-refractivity contribution in [1.82, 2.24) is 15.1 Å². The summed E-state index contributed by atoms with van der Waals surface area (Å²) < 4.78 is 11.3. The minimum Gasteiger partial charge on any atom is -0.494 e. The molecule has 0 radical (unpaired) electrons. The molecule has 0 spiro atoms. The zero-order valence-electron chi connectivity index (χ0n) is 18.1. The number of likely N-dealkylation sites (tertiary alicyclic amines) is 1. The van der Waals surface area contributed by atoms with Crippen molar-refractivity contribution in [2.24, 2.45) is 5.73 Å². The molecule has 2 heterocycles. The summed E-state index contributed by atoms with van der Waals surface area (Å²) in [5, 5.41) is 2.77. The second kappa shape index (κ2) is 9.78. The monoisotopic (exact) mass is 404 g/mol. The van der Waals surface area contributed by atoms with Crippen LogP contribution in [0.5, 0.6) is 5.75 Å². The highest BCUT2D eigenvalue weighted by atomic mass is 16.6. The standard InChI is InChI=1S/C22H36N4O3/c1-17-7-4-5-11-25(17)12-6-14-28-20-9-8-19-16-26(13-10-18(19)15-20)21(27)29-22(2,23)24-3/h8-9,15,17,24H,4-7,10-14,16,23H2,1-3H3. The normalized spacial score (nSPS) is 21.9. The number of hydrogen-bond acceptors (Lipinski definition) is 6. The molecule has 3 N–H and O–H groups in total. The van der Waals surface area contributed by atoms with E-state index in [1.165, 1.54) is 31.4 Å². The fraction of sp³-hybridized carbons (Fsp3) is 0.682. The van der Waals surface area contributed by atoms with E-state index in [0.717, 1.165) is 37.3 Å². The molecule has 2 aliphatic heterocycles. The SMILES string of the molecule is CNC(C)(N)OC(=O)N1CCc2cc(OCCCN3CCCCC3C)ccc2C1. The summed E-state index contributed by atoms with van der Waals surface area (Å²) in [5.74, 6) is -0.252. The topological polar surface area (TPSA) is 80.1 Å². The molecule has 3 rings (SSSR count). The van der Waals surface area contributed by atoms with Gasteiger partial charge in [-0.05, 0) is 69.5 Å². The molecular weight excluding hydrogens is 368 g/mol. The second-order valence-corrected chi connectivity index (χ2v) is 8.41. The van der Waals surface area contributed by atoms with Gasteiger partial charge in [0, 0.05) is 32.6 Å². The Kier molecular flexibility index (Phi) is 7.38.